The number of urea groups is 1. The first-order valence-electron chi connectivity index (χ1n) is 8.86. The second-order valence-corrected chi connectivity index (χ2v) is 6.58. The maximum absolute atomic E-state index is 12.0. The summed E-state index contributed by atoms with van der Waals surface area (Å²) in [7, 11) is 0. The first kappa shape index (κ1) is 16.6. The molecule has 2 amide bonds. The number of amides is 2. The summed E-state index contributed by atoms with van der Waals surface area (Å²) in [4.78, 5) is 16.5. The molecule has 0 saturated heterocycles. The lowest BCUT2D eigenvalue weighted by Gasteiger charge is -2.29. The Labute approximate surface area is 143 Å². The molecule has 1 aromatic carbocycles. The number of rotatable bonds is 5. The van der Waals surface area contributed by atoms with Gasteiger partial charge in [0.2, 0.25) is 0 Å². The van der Waals surface area contributed by atoms with Crippen LogP contribution in [0.5, 0.6) is 0 Å². The summed E-state index contributed by atoms with van der Waals surface area (Å²) < 4.78 is 0. The van der Waals surface area contributed by atoms with Gasteiger partial charge in [-0.3, -0.25) is 0 Å². The topological polar surface area (TPSA) is 66.1 Å². The third-order valence-corrected chi connectivity index (χ3v) is 4.74. The van der Waals surface area contributed by atoms with Crippen molar-refractivity contribution >= 4 is 22.8 Å². The molecule has 1 aliphatic rings. The number of hydrogen-bond donors (Lipinski definition) is 3. The van der Waals surface area contributed by atoms with Crippen molar-refractivity contribution in [2.45, 2.75) is 38.6 Å². The van der Waals surface area contributed by atoms with E-state index >= 15 is 0 Å². The van der Waals surface area contributed by atoms with Gasteiger partial charge < -0.3 is 16.0 Å². The molecule has 1 aliphatic carbocycles. The van der Waals surface area contributed by atoms with Crippen molar-refractivity contribution in [1.82, 2.24) is 15.6 Å². The van der Waals surface area contributed by atoms with Gasteiger partial charge in [0.25, 0.3) is 0 Å². The Kier molecular flexibility index (Phi) is 5.51. The number of benzene rings is 1. The summed E-state index contributed by atoms with van der Waals surface area (Å²) in [5, 5.41) is 10.4. The van der Waals surface area contributed by atoms with Crippen LogP contribution < -0.4 is 16.0 Å². The first-order chi connectivity index (χ1) is 11.7. The fourth-order valence-corrected chi connectivity index (χ4v) is 3.28. The van der Waals surface area contributed by atoms with E-state index in [0.29, 0.717) is 25.0 Å². The van der Waals surface area contributed by atoms with E-state index in [-0.39, 0.29) is 6.03 Å². The number of carbonyl (C=O) groups excluding carboxylic acids is 1. The van der Waals surface area contributed by atoms with E-state index in [0.717, 1.165) is 23.1 Å². The van der Waals surface area contributed by atoms with Gasteiger partial charge in [0.1, 0.15) is 5.82 Å². The maximum Gasteiger partial charge on any atom is 0.315 e. The standard InChI is InChI=1S/C19H26N4O/c1-14-6-2-4-8-16(14)23-19(24)21-13-12-20-18-11-10-15-7-3-5-9-17(15)22-18/h3,5,7,9-11,14,16H,2,4,6,8,12-13H2,1H3,(H,20,22)(H2,21,23,24). The fourth-order valence-electron chi connectivity index (χ4n) is 3.28. The van der Waals surface area contributed by atoms with Crippen molar-refractivity contribution < 1.29 is 4.79 Å². The number of carbonyl (C=O) groups is 1. The van der Waals surface area contributed by atoms with Crippen LogP contribution in [0, 0.1) is 5.92 Å². The number of nitrogens with one attached hydrogen (secondary N) is 3. The van der Waals surface area contributed by atoms with Crippen molar-refractivity contribution in [3.63, 3.8) is 0 Å². The smallest absolute Gasteiger partial charge is 0.315 e. The zero-order valence-electron chi connectivity index (χ0n) is 14.2. The molecule has 0 bridgehead atoms. The Morgan fingerprint density at radius 1 is 1.12 bits per heavy atom. The van der Waals surface area contributed by atoms with E-state index in [4.69, 9.17) is 0 Å². The molecule has 5 heteroatoms. The average molecular weight is 326 g/mol. The SMILES string of the molecule is CC1CCCCC1NC(=O)NCCNc1ccc2ccccc2n1. The molecular weight excluding hydrogens is 300 g/mol. The summed E-state index contributed by atoms with van der Waals surface area (Å²) in [5.74, 6) is 1.40. The van der Waals surface area contributed by atoms with Gasteiger partial charge in [-0.05, 0) is 37.0 Å². The molecule has 2 atom stereocenters. The Morgan fingerprint density at radius 3 is 2.83 bits per heavy atom. The highest BCUT2D eigenvalue weighted by molar-refractivity contribution is 5.80. The lowest BCUT2D eigenvalue weighted by molar-refractivity contribution is 0.222. The molecule has 1 aromatic heterocycles. The zero-order chi connectivity index (χ0) is 16.8. The van der Waals surface area contributed by atoms with Crippen molar-refractivity contribution in [3.8, 4) is 0 Å². The number of nitrogens with zero attached hydrogens (tertiary/aromatic N) is 1. The van der Waals surface area contributed by atoms with E-state index in [9.17, 15) is 4.79 Å². The van der Waals surface area contributed by atoms with Crippen LogP contribution in [0.4, 0.5) is 10.6 Å². The van der Waals surface area contributed by atoms with Crippen molar-refractivity contribution in [1.29, 1.82) is 0 Å². The van der Waals surface area contributed by atoms with Crippen molar-refractivity contribution in [2.24, 2.45) is 5.92 Å². The Morgan fingerprint density at radius 2 is 1.96 bits per heavy atom. The van der Waals surface area contributed by atoms with Crippen LogP contribution in [0.2, 0.25) is 0 Å². The van der Waals surface area contributed by atoms with Crippen molar-refractivity contribution in [2.75, 3.05) is 18.4 Å². The molecule has 3 rings (SSSR count). The van der Waals surface area contributed by atoms with Crippen LogP contribution in [-0.4, -0.2) is 30.1 Å². The molecule has 0 radical (unpaired) electrons. The molecule has 5 nitrogen and oxygen atoms in total. The number of para-hydroxylation sites is 1. The van der Waals surface area contributed by atoms with E-state index < -0.39 is 0 Å². The van der Waals surface area contributed by atoms with Crippen LogP contribution in [0.25, 0.3) is 10.9 Å². The molecule has 1 heterocycles. The molecule has 2 unspecified atom stereocenters. The van der Waals surface area contributed by atoms with E-state index in [1.807, 2.05) is 30.3 Å². The Balaban J connectivity index is 1.40. The van der Waals surface area contributed by atoms with Gasteiger partial charge in [0.15, 0.2) is 0 Å². The van der Waals surface area contributed by atoms with Gasteiger partial charge in [0, 0.05) is 24.5 Å². The van der Waals surface area contributed by atoms with Gasteiger partial charge in [-0.15, -0.1) is 0 Å². The summed E-state index contributed by atoms with van der Waals surface area (Å²) >= 11 is 0. The molecule has 24 heavy (non-hydrogen) atoms. The molecule has 0 aliphatic heterocycles. The summed E-state index contributed by atoms with van der Waals surface area (Å²) in [5.41, 5.74) is 0.972. The summed E-state index contributed by atoms with van der Waals surface area (Å²) in [6.45, 7) is 3.44. The lowest BCUT2D eigenvalue weighted by atomic mass is 9.86. The van der Waals surface area contributed by atoms with Gasteiger partial charge >= 0.3 is 6.03 Å². The third-order valence-electron chi connectivity index (χ3n) is 4.74. The van der Waals surface area contributed by atoms with Crippen LogP contribution in [0.3, 0.4) is 0 Å². The van der Waals surface area contributed by atoms with Crippen LogP contribution in [0.15, 0.2) is 36.4 Å². The monoisotopic (exact) mass is 326 g/mol. The largest absolute Gasteiger partial charge is 0.368 e. The van der Waals surface area contributed by atoms with E-state index in [2.05, 4.69) is 33.9 Å². The predicted molar refractivity (Wildman–Crippen MR) is 98.2 cm³/mol. The normalized spacial score (nSPS) is 20.5. The molecule has 2 aromatic rings. The quantitative estimate of drug-likeness (QED) is 0.737. The van der Waals surface area contributed by atoms with Gasteiger partial charge in [0.05, 0.1) is 5.52 Å². The molecule has 128 valence electrons. The Bertz CT molecular complexity index is 688. The lowest BCUT2D eigenvalue weighted by Crippen LogP contribution is -2.47. The van der Waals surface area contributed by atoms with Crippen molar-refractivity contribution in [3.05, 3.63) is 36.4 Å². The van der Waals surface area contributed by atoms with Gasteiger partial charge in [-0.25, -0.2) is 9.78 Å². The predicted octanol–water partition coefficient (Wildman–Crippen LogP) is 3.52. The van der Waals surface area contributed by atoms with E-state index in [1.165, 1.54) is 19.3 Å². The first-order valence-corrected chi connectivity index (χ1v) is 8.86. The highest BCUT2D eigenvalue weighted by atomic mass is 16.2. The number of aromatic nitrogens is 1. The number of fused-ring (bicyclic) bond motifs is 1. The Hall–Kier alpha value is -2.30. The number of hydrogen-bond acceptors (Lipinski definition) is 3. The van der Waals surface area contributed by atoms with Crippen LogP contribution >= 0.6 is 0 Å². The fraction of sp³-hybridized carbons (Fsp3) is 0.474. The number of pyridine rings is 1. The minimum absolute atomic E-state index is 0.0676. The van der Waals surface area contributed by atoms with Crippen LogP contribution in [0.1, 0.15) is 32.6 Å². The second-order valence-electron chi connectivity index (χ2n) is 6.58. The zero-order valence-corrected chi connectivity index (χ0v) is 14.2. The van der Waals surface area contributed by atoms with E-state index in [1.54, 1.807) is 0 Å². The van der Waals surface area contributed by atoms with Gasteiger partial charge in [-0.1, -0.05) is 38.0 Å². The molecular formula is C19H26N4O. The highest BCUT2D eigenvalue weighted by Crippen LogP contribution is 2.23. The maximum atomic E-state index is 12.0. The number of anilines is 1. The van der Waals surface area contributed by atoms with Gasteiger partial charge in [-0.2, -0.15) is 0 Å². The third kappa shape index (κ3) is 4.37. The molecule has 0 spiro atoms. The van der Waals surface area contributed by atoms with Crippen LogP contribution in [-0.2, 0) is 0 Å². The minimum Gasteiger partial charge on any atom is -0.368 e. The average Bonchev–Trinajstić information content (AvgIpc) is 2.60. The summed E-state index contributed by atoms with van der Waals surface area (Å²) in [6.07, 6.45) is 4.79. The second kappa shape index (κ2) is 7.99. The molecule has 3 N–H and O–H groups in total. The molecule has 1 fully saturated rings. The highest BCUT2D eigenvalue weighted by Gasteiger charge is 2.22. The summed E-state index contributed by atoms with van der Waals surface area (Å²) in [6, 6.07) is 12.3. The minimum atomic E-state index is -0.0676. The molecule has 1 saturated carbocycles.